The minimum Gasteiger partial charge on any atom is -0.507 e. The summed E-state index contributed by atoms with van der Waals surface area (Å²) in [6, 6.07) is 9.61. The summed E-state index contributed by atoms with van der Waals surface area (Å²) in [6.45, 7) is 6.60. The lowest BCUT2D eigenvalue weighted by atomic mass is 9.95. The monoisotopic (exact) mass is 440 g/mol. The highest BCUT2D eigenvalue weighted by Crippen LogP contribution is 2.41. The average molecular weight is 440 g/mol. The molecule has 1 fully saturated rings. The van der Waals surface area contributed by atoms with Crippen molar-refractivity contribution in [1.29, 1.82) is 0 Å². The maximum Gasteiger partial charge on any atom is 0.295 e. The van der Waals surface area contributed by atoms with Crippen molar-refractivity contribution in [3.63, 3.8) is 0 Å². The average Bonchev–Trinajstić information content (AvgIpc) is 3.37. The van der Waals surface area contributed by atoms with Crippen LogP contribution in [0.2, 0.25) is 0 Å². The van der Waals surface area contributed by atoms with E-state index in [1.54, 1.807) is 18.2 Å². The lowest BCUT2D eigenvalue weighted by Gasteiger charge is -2.28. The van der Waals surface area contributed by atoms with Gasteiger partial charge in [0.05, 0.1) is 11.6 Å². The molecule has 0 saturated carbocycles. The summed E-state index contributed by atoms with van der Waals surface area (Å²) in [5, 5.41) is 11.1. The van der Waals surface area contributed by atoms with Crippen LogP contribution in [-0.4, -0.2) is 59.6 Å². The molecule has 0 aliphatic carbocycles. The topological polar surface area (TPSA) is 79.3 Å². The number of aliphatic hydroxyl groups is 1. The summed E-state index contributed by atoms with van der Waals surface area (Å²) >= 11 is 0. The van der Waals surface area contributed by atoms with Crippen LogP contribution >= 0.6 is 0 Å². The highest BCUT2D eigenvalue weighted by atomic mass is 19.1. The number of amides is 1. The smallest absolute Gasteiger partial charge is 0.295 e. The fourth-order valence-corrected chi connectivity index (χ4v) is 4.09. The van der Waals surface area contributed by atoms with Crippen LogP contribution < -0.4 is 9.47 Å². The molecule has 7 nitrogen and oxygen atoms in total. The number of nitrogens with zero attached hydrogens (tertiary/aromatic N) is 2. The summed E-state index contributed by atoms with van der Waals surface area (Å²) in [5.41, 5.74) is 0.857. The number of likely N-dealkylation sites (tertiary alicyclic amines) is 1. The minimum atomic E-state index is -0.823. The van der Waals surface area contributed by atoms with Crippen molar-refractivity contribution in [2.75, 3.05) is 33.0 Å². The van der Waals surface area contributed by atoms with Gasteiger partial charge in [0.1, 0.15) is 11.6 Å². The zero-order valence-electron chi connectivity index (χ0n) is 18.0. The molecule has 8 heteroatoms. The Morgan fingerprint density at radius 3 is 2.47 bits per heavy atom. The Bertz CT molecular complexity index is 1060. The number of hydrogen-bond acceptors (Lipinski definition) is 6. The standard InChI is InChI=1S/C24H25FN2O5/c1-3-26(4-2)11-12-27-21(15-5-8-17(25)9-6-15)20(23(29)24(27)30)22(28)16-7-10-18-19(13-16)32-14-31-18/h5-10,13,21,28H,3-4,11-12,14H2,1-2H3/b22-20-. The number of halogens is 1. The van der Waals surface area contributed by atoms with Crippen LogP contribution in [-0.2, 0) is 9.59 Å². The van der Waals surface area contributed by atoms with Gasteiger partial charge in [-0.2, -0.15) is 0 Å². The number of carbonyl (C=O) groups is 2. The molecule has 0 aromatic heterocycles. The van der Waals surface area contributed by atoms with Crippen molar-refractivity contribution in [2.24, 2.45) is 0 Å². The lowest BCUT2D eigenvalue weighted by molar-refractivity contribution is -0.140. The Hall–Kier alpha value is -3.39. The third kappa shape index (κ3) is 3.93. The molecular weight excluding hydrogens is 415 g/mol. The van der Waals surface area contributed by atoms with Gasteiger partial charge in [0.25, 0.3) is 11.7 Å². The van der Waals surface area contributed by atoms with Gasteiger partial charge in [-0.25, -0.2) is 4.39 Å². The van der Waals surface area contributed by atoms with Gasteiger partial charge >= 0.3 is 0 Å². The Morgan fingerprint density at radius 2 is 1.78 bits per heavy atom. The van der Waals surface area contributed by atoms with Crippen LogP contribution in [0.15, 0.2) is 48.0 Å². The van der Waals surface area contributed by atoms with Gasteiger partial charge in [0.15, 0.2) is 11.5 Å². The zero-order chi connectivity index (χ0) is 22.8. The van der Waals surface area contributed by atoms with Gasteiger partial charge < -0.3 is 24.4 Å². The highest BCUT2D eigenvalue weighted by molar-refractivity contribution is 6.46. The van der Waals surface area contributed by atoms with Gasteiger partial charge in [-0.3, -0.25) is 9.59 Å². The summed E-state index contributed by atoms with van der Waals surface area (Å²) < 4.78 is 24.2. The van der Waals surface area contributed by atoms with Crippen molar-refractivity contribution in [1.82, 2.24) is 9.80 Å². The van der Waals surface area contributed by atoms with Crippen molar-refractivity contribution in [3.05, 3.63) is 65.0 Å². The first-order valence-corrected chi connectivity index (χ1v) is 10.6. The van der Waals surface area contributed by atoms with Crippen LogP contribution in [0.3, 0.4) is 0 Å². The molecule has 2 aromatic rings. The van der Waals surface area contributed by atoms with Gasteiger partial charge in [-0.15, -0.1) is 0 Å². The second-order valence-corrected chi connectivity index (χ2v) is 7.64. The van der Waals surface area contributed by atoms with Crippen LogP contribution in [0.25, 0.3) is 5.76 Å². The number of Topliss-reactive ketones (excluding diaryl/α,β-unsaturated/α-hetero) is 1. The Kier molecular flexibility index (Phi) is 6.14. The van der Waals surface area contributed by atoms with Crippen LogP contribution in [0, 0.1) is 5.82 Å². The summed E-state index contributed by atoms with van der Waals surface area (Å²) in [7, 11) is 0. The Labute approximate surface area is 185 Å². The van der Waals surface area contributed by atoms with E-state index in [9.17, 15) is 19.1 Å². The first-order chi connectivity index (χ1) is 15.4. The zero-order valence-corrected chi connectivity index (χ0v) is 18.0. The number of fused-ring (bicyclic) bond motifs is 1. The SMILES string of the molecule is CCN(CC)CCN1C(=O)C(=O)/C(=C(\O)c2ccc3c(c2)OCO3)C1c1ccc(F)cc1. The van der Waals surface area contributed by atoms with E-state index in [-0.39, 0.29) is 18.1 Å². The molecule has 0 bridgehead atoms. The van der Waals surface area contributed by atoms with Crippen LogP contribution in [0.5, 0.6) is 11.5 Å². The van der Waals surface area contributed by atoms with Gasteiger partial charge in [0.2, 0.25) is 6.79 Å². The molecule has 168 valence electrons. The number of ketones is 1. The van der Waals surface area contributed by atoms with E-state index in [2.05, 4.69) is 4.90 Å². The van der Waals surface area contributed by atoms with E-state index in [4.69, 9.17) is 9.47 Å². The predicted molar refractivity (Wildman–Crippen MR) is 116 cm³/mol. The van der Waals surface area contributed by atoms with Crippen LogP contribution in [0.4, 0.5) is 4.39 Å². The van der Waals surface area contributed by atoms with E-state index in [1.807, 2.05) is 13.8 Å². The number of ether oxygens (including phenoxy) is 2. The third-order valence-corrected chi connectivity index (χ3v) is 5.92. The summed E-state index contributed by atoms with van der Waals surface area (Å²) in [4.78, 5) is 29.6. The Morgan fingerprint density at radius 1 is 1.09 bits per heavy atom. The van der Waals surface area contributed by atoms with Crippen molar-refractivity contribution in [3.8, 4) is 11.5 Å². The molecular formula is C24H25FN2O5. The first-order valence-electron chi connectivity index (χ1n) is 10.6. The number of likely N-dealkylation sites (N-methyl/N-ethyl adjacent to an activating group) is 1. The summed E-state index contributed by atoms with van der Waals surface area (Å²) in [5.74, 6) is -1.20. The number of carbonyl (C=O) groups excluding carboxylic acids is 2. The molecule has 4 rings (SSSR count). The van der Waals surface area contributed by atoms with Gasteiger partial charge in [-0.05, 0) is 49.0 Å². The third-order valence-electron chi connectivity index (χ3n) is 5.92. The molecule has 0 spiro atoms. The maximum absolute atomic E-state index is 13.6. The number of rotatable bonds is 7. The van der Waals surface area contributed by atoms with Crippen molar-refractivity contribution in [2.45, 2.75) is 19.9 Å². The van der Waals surface area contributed by atoms with Crippen molar-refractivity contribution >= 4 is 17.4 Å². The van der Waals surface area contributed by atoms with Crippen molar-refractivity contribution < 1.29 is 28.6 Å². The Balaban J connectivity index is 1.78. The molecule has 1 amide bonds. The summed E-state index contributed by atoms with van der Waals surface area (Å²) in [6.07, 6.45) is 0. The van der Waals surface area contributed by atoms with E-state index < -0.39 is 23.5 Å². The predicted octanol–water partition coefficient (Wildman–Crippen LogP) is 3.32. The molecule has 1 unspecified atom stereocenters. The van der Waals surface area contributed by atoms with Crippen LogP contribution in [0.1, 0.15) is 31.0 Å². The minimum absolute atomic E-state index is 0.0278. The van der Waals surface area contributed by atoms with Gasteiger partial charge in [0, 0.05) is 18.7 Å². The first kappa shape index (κ1) is 21.8. The molecule has 2 aliphatic rings. The quantitative estimate of drug-likeness (QED) is 0.404. The van der Waals surface area contributed by atoms with Gasteiger partial charge in [-0.1, -0.05) is 26.0 Å². The largest absolute Gasteiger partial charge is 0.507 e. The molecule has 0 radical (unpaired) electrons. The van der Waals surface area contributed by atoms with E-state index in [0.29, 0.717) is 35.7 Å². The number of hydrogen-bond donors (Lipinski definition) is 1. The molecule has 2 aromatic carbocycles. The molecule has 2 heterocycles. The maximum atomic E-state index is 13.6. The van der Waals surface area contributed by atoms with E-state index in [0.717, 1.165) is 13.1 Å². The molecule has 1 N–H and O–H groups in total. The fourth-order valence-electron chi connectivity index (χ4n) is 4.09. The second kappa shape index (κ2) is 9.00. The lowest BCUT2D eigenvalue weighted by Crippen LogP contribution is -2.38. The normalized spacial score (nSPS) is 19.2. The van der Waals surface area contributed by atoms with E-state index >= 15 is 0 Å². The van der Waals surface area contributed by atoms with E-state index in [1.165, 1.54) is 29.2 Å². The number of aliphatic hydroxyl groups excluding tert-OH is 1. The number of benzene rings is 2. The molecule has 1 atom stereocenters. The second-order valence-electron chi connectivity index (χ2n) is 7.64. The molecule has 2 aliphatic heterocycles. The molecule has 32 heavy (non-hydrogen) atoms. The highest BCUT2D eigenvalue weighted by Gasteiger charge is 2.46. The fraction of sp³-hybridized carbons (Fsp3) is 0.333. The molecule has 1 saturated heterocycles.